The van der Waals surface area contributed by atoms with Gasteiger partial charge in [0.1, 0.15) is 17.8 Å². The van der Waals surface area contributed by atoms with E-state index in [0.29, 0.717) is 12.4 Å². The molecular formula is C9H16N4O2. The molecule has 0 unspecified atom stereocenters. The molecule has 0 aliphatic heterocycles. The van der Waals surface area contributed by atoms with Crippen molar-refractivity contribution in [2.75, 3.05) is 7.05 Å². The summed E-state index contributed by atoms with van der Waals surface area (Å²) in [6.07, 6.45) is 1.03. The van der Waals surface area contributed by atoms with E-state index in [4.69, 9.17) is 4.74 Å². The van der Waals surface area contributed by atoms with Gasteiger partial charge in [0.05, 0.1) is 6.54 Å². The van der Waals surface area contributed by atoms with E-state index in [2.05, 4.69) is 15.2 Å². The van der Waals surface area contributed by atoms with Gasteiger partial charge in [0.25, 0.3) is 0 Å². The summed E-state index contributed by atoms with van der Waals surface area (Å²) in [6.45, 7) is 5.84. The van der Waals surface area contributed by atoms with E-state index in [1.54, 1.807) is 7.05 Å². The molecule has 0 bridgehead atoms. The summed E-state index contributed by atoms with van der Waals surface area (Å²) in [5.41, 5.74) is -0.479. The summed E-state index contributed by atoms with van der Waals surface area (Å²) in [5.74, 6) is 0.628. The fourth-order valence-electron chi connectivity index (χ4n) is 0.936. The molecule has 1 amide bonds. The fourth-order valence-corrected chi connectivity index (χ4v) is 0.936. The summed E-state index contributed by atoms with van der Waals surface area (Å²) < 4.78 is 5.17. The van der Waals surface area contributed by atoms with Crippen molar-refractivity contribution in [3.05, 3.63) is 12.2 Å². The van der Waals surface area contributed by atoms with Gasteiger partial charge < -0.3 is 9.64 Å². The molecule has 0 aliphatic rings. The van der Waals surface area contributed by atoms with E-state index < -0.39 is 5.60 Å². The zero-order chi connectivity index (χ0) is 11.5. The van der Waals surface area contributed by atoms with Crippen LogP contribution in [0.3, 0.4) is 0 Å². The van der Waals surface area contributed by atoms with E-state index in [9.17, 15) is 4.79 Å². The Kier molecular flexibility index (Phi) is 3.28. The molecule has 15 heavy (non-hydrogen) atoms. The first-order valence-electron chi connectivity index (χ1n) is 4.67. The first-order valence-corrected chi connectivity index (χ1v) is 4.67. The summed E-state index contributed by atoms with van der Waals surface area (Å²) >= 11 is 0. The number of rotatable bonds is 2. The van der Waals surface area contributed by atoms with Crippen LogP contribution in [0.2, 0.25) is 0 Å². The van der Waals surface area contributed by atoms with Crippen molar-refractivity contribution >= 4 is 6.09 Å². The molecule has 1 aromatic heterocycles. The summed E-state index contributed by atoms with van der Waals surface area (Å²) in [5, 5.41) is 6.37. The highest BCUT2D eigenvalue weighted by Gasteiger charge is 2.19. The van der Waals surface area contributed by atoms with Crippen molar-refractivity contribution < 1.29 is 9.53 Å². The fraction of sp³-hybridized carbons (Fsp3) is 0.667. The number of H-pyrrole nitrogens is 1. The lowest BCUT2D eigenvalue weighted by atomic mass is 10.2. The van der Waals surface area contributed by atoms with Gasteiger partial charge in [-0.05, 0) is 20.8 Å². The van der Waals surface area contributed by atoms with Crippen LogP contribution in [-0.4, -0.2) is 38.8 Å². The van der Waals surface area contributed by atoms with Crippen molar-refractivity contribution in [1.29, 1.82) is 0 Å². The van der Waals surface area contributed by atoms with Gasteiger partial charge in [0.2, 0.25) is 0 Å². The van der Waals surface area contributed by atoms with Gasteiger partial charge >= 0.3 is 6.09 Å². The molecule has 0 saturated heterocycles. The number of nitrogens with zero attached hydrogens (tertiary/aromatic N) is 3. The Bertz CT molecular complexity index is 315. The predicted molar refractivity (Wildman–Crippen MR) is 54.1 cm³/mol. The second-order valence-electron chi connectivity index (χ2n) is 4.27. The maximum Gasteiger partial charge on any atom is 0.410 e. The summed E-state index contributed by atoms with van der Waals surface area (Å²) in [4.78, 5) is 16.9. The van der Waals surface area contributed by atoms with Crippen LogP contribution in [0.15, 0.2) is 6.33 Å². The summed E-state index contributed by atoms with van der Waals surface area (Å²) in [6, 6.07) is 0. The molecule has 0 spiro atoms. The van der Waals surface area contributed by atoms with Crippen LogP contribution < -0.4 is 0 Å². The van der Waals surface area contributed by atoms with Gasteiger partial charge in [-0.2, -0.15) is 5.10 Å². The van der Waals surface area contributed by atoms with Gasteiger partial charge in [-0.25, -0.2) is 9.78 Å². The predicted octanol–water partition coefficient (Wildman–Crippen LogP) is 1.17. The minimum absolute atomic E-state index is 0.356. The average molecular weight is 212 g/mol. The topological polar surface area (TPSA) is 71.1 Å². The molecule has 1 aromatic rings. The number of hydrogen-bond donors (Lipinski definition) is 1. The van der Waals surface area contributed by atoms with Crippen LogP contribution in [-0.2, 0) is 11.3 Å². The van der Waals surface area contributed by atoms with E-state index in [1.165, 1.54) is 11.2 Å². The number of ether oxygens (including phenoxy) is 1. The third kappa shape index (κ3) is 3.97. The Labute approximate surface area is 88.6 Å². The highest BCUT2D eigenvalue weighted by Crippen LogP contribution is 2.09. The van der Waals surface area contributed by atoms with Gasteiger partial charge in [-0.3, -0.25) is 5.10 Å². The normalized spacial score (nSPS) is 11.2. The van der Waals surface area contributed by atoms with Gasteiger partial charge in [-0.15, -0.1) is 0 Å². The molecule has 0 radical (unpaired) electrons. The highest BCUT2D eigenvalue weighted by molar-refractivity contribution is 5.67. The quantitative estimate of drug-likeness (QED) is 0.798. The number of aromatic amines is 1. The van der Waals surface area contributed by atoms with Crippen molar-refractivity contribution in [3.63, 3.8) is 0 Å². The molecule has 0 aromatic carbocycles. The Morgan fingerprint density at radius 2 is 2.27 bits per heavy atom. The highest BCUT2D eigenvalue weighted by atomic mass is 16.6. The largest absolute Gasteiger partial charge is 0.444 e. The van der Waals surface area contributed by atoms with Gasteiger partial charge in [-0.1, -0.05) is 0 Å². The zero-order valence-corrected chi connectivity index (χ0v) is 9.44. The van der Waals surface area contributed by atoms with Crippen LogP contribution in [0.5, 0.6) is 0 Å². The lowest BCUT2D eigenvalue weighted by Crippen LogP contribution is -2.34. The maximum atomic E-state index is 11.5. The Morgan fingerprint density at radius 3 is 2.73 bits per heavy atom. The van der Waals surface area contributed by atoms with E-state index in [1.807, 2.05) is 20.8 Å². The molecule has 6 heteroatoms. The Morgan fingerprint density at radius 1 is 1.60 bits per heavy atom. The van der Waals surface area contributed by atoms with Crippen molar-refractivity contribution in [3.8, 4) is 0 Å². The van der Waals surface area contributed by atoms with Crippen molar-refractivity contribution in [1.82, 2.24) is 20.1 Å². The number of carbonyl (C=O) groups excluding carboxylic acids is 1. The minimum Gasteiger partial charge on any atom is -0.444 e. The third-order valence-corrected chi connectivity index (χ3v) is 1.56. The van der Waals surface area contributed by atoms with Gasteiger partial charge in [0, 0.05) is 7.05 Å². The molecule has 1 N–H and O–H groups in total. The number of nitrogens with one attached hydrogen (secondary N) is 1. The van der Waals surface area contributed by atoms with Crippen molar-refractivity contribution in [2.45, 2.75) is 32.9 Å². The van der Waals surface area contributed by atoms with Gasteiger partial charge in [0.15, 0.2) is 0 Å². The zero-order valence-electron chi connectivity index (χ0n) is 9.44. The lowest BCUT2D eigenvalue weighted by Gasteiger charge is -2.23. The molecule has 1 heterocycles. The van der Waals surface area contributed by atoms with E-state index in [0.717, 1.165) is 0 Å². The van der Waals surface area contributed by atoms with Crippen LogP contribution in [0.4, 0.5) is 4.79 Å². The monoisotopic (exact) mass is 212 g/mol. The summed E-state index contributed by atoms with van der Waals surface area (Å²) in [7, 11) is 1.65. The van der Waals surface area contributed by atoms with Crippen LogP contribution in [0, 0.1) is 0 Å². The molecule has 0 saturated carbocycles. The van der Waals surface area contributed by atoms with Crippen LogP contribution >= 0.6 is 0 Å². The lowest BCUT2D eigenvalue weighted by molar-refractivity contribution is 0.0281. The third-order valence-electron chi connectivity index (χ3n) is 1.56. The molecule has 0 atom stereocenters. The molecule has 1 rings (SSSR count). The number of aromatic nitrogens is 3. The average Bonchev–Trinajstić information content (AvgIpc) is 2.53. The smallest absolute Gasteiger partial charge is 0.410 e. The van der Waals surface area contributed by atoms with Crippen LogP contribution in [0.25, 0.3) is 0 Å². The molecule has 6 nitrogen and oxygen atoms in total. The Hall–Kier alpha value is -1.59. The number of carbonyl (C=O) groups is 1. The first kappa shape index (κ1) is 11.5. The SMILES string of the molecule is CN(Cc1ncn[nH]1)C(=O)OC(C)(C)C. The Balaban J connectivity index is 2.47. The molecule has 0 aliphatic carbocycles. The van der Waals surface area contributed by atoms with Crippen molar-refractivity contribution in [2.24, 2.45) is 0 Å². The maximum absolute atomic E-state index is 11.5. The van der Waals surface area contributed by atoms with E-state index in [-0.39, 0.29) is 6.09 Å². The van der Waals surface area contributed by atoms with E-state index >= 15 is 0 Å². The second kappa shape index (κ2) is 4.29. The molecule has 0 fully saturated rings. The molecule has 84 valence electrons. The number of amides is 1. The molecular weight excluding hydrogens is 196 g/mol. The minimum atomic E-state index is -0.479. The first-order chi connectivity index (χ1) is 6.88. The number of hydrogen-bond acceptors (Lipinski definition) is 4. The second-order valence-corrected chi connectivity index (χ2v) is 4.27. The standard InChI is InChI=1S/C9H16N4O2/c1-9(2,3)15-8(14)13(4)5-7-10-6-11-12-7/h6H,5H2,1-4H3,(H,10,11,12). The van der Waals surface area contributed by atoms with Crippen LogP contribution in [0.1, 0.15) is 26.6 Å².